The van der Waals surface area contributed by atoms with Crippen molar-refractivity contribution in [2.24, 2.45) is 0 Å². The van der Waals surface area contributed by atoms with E-state index in [-0.39, 0.29) is 23.5 Å². The number of carbonyl (C=O) groups excluding carboxylic acids is 2. The summed E-state index contributed by atoms with van der Waals surface area (Å²) < 4.78 is 14.5. The lowest BCUT2D eigenvalue weighted by Gasteiger charge is -2.08. The molecule has 0 bridgehead atoms. The van der Waals surface area contributed by atoms with E-state index >= 15 is 0 Å². The molecule has 4 rings (SSSR count). The molecule has 4 aromatic rings. The Labute approximate surface area is 176 Å². The maximum atomic E-state index is 13.0. The highest BCUT2D eigenvalue weighted by Gasteiger charge is 2.18. The largest absolute Gasteiger partial charge is 0.290 e. The normalized spacial score (nSPS) is 10.5. The van der Waals surface area contributed by atoms with Crippen LogP contribution >= 0.6 is 0 Å². The van der Waals surface area contributed by atoms with Gasteiger partial charge in [0.05, 0.1) is 11.9 Å². The number of carbonyl (C=O) groups is 2. The topological polar surface area (TPSA) is 102 Å². The van der Waals surface area contributed by atoms with Gasteiger partial charge in [-0.1, -0.05) is 36.4 Å². The first-order valence-corrected chi connectivity index (χ1v) is 9.33. The highest BCUT2D eigenvalue weighted by atomic mass is 19.1. The maximum absolute atomic E-state index is 13.0. The summed E-state index contributed by atoms with van der Waals surface area (Å²) >= 11 is 0. The minimum absolute atomic E-state index is 0.00274. The molecule has 2 amide bonds. The molecule has 0 aliphatic heterocycles. The number of aromatic nitrogens is 4. The Kier molecular flexibility index (Phi) is 5.48. The molecular formula is C22H17FN6O2. The second kappa shape index (κ2) is 8.54. The molecule has 31 heavy (non-hydrogen) atoms. The van der Waals surface area contributed by atoms with Crippen molar-refractivity contribution in [3.05, 3.63) is 95.6 Å². The fourth-order valence-electron chi connectivity index (χ4n) is 2.87. The van der Waals surface area contributed by atoms with Crippen molar-refractivity contribution in [3.8, 4) is 5.69 Å². The lowest BCUT2D eigenvalue weighted by molar-refractivity contribution is 0.101. The Balaban J connectivity index is 1.64. The maximum Gasteiger partial charge on any atom is 0.276 e. The Morgan fingerprint density at radius 3 is 2.35 bits per heavy atom. The number of hydrogen-bond acceptors (Lipinski definition) is 5. The fourth-order valence-corrected chi connectivity index (χ4v) is 2.87. The van der Waals surface area contributed by atoms with Crippen molar-refractivity contribution in [2.45, 2.75) is 6.92 Å². The van der Waals surface area contributed by atoms with Crippen molar-refractivity contribution in [2.75, 3.05) is 10.6 Å². The molecule has 0 saturated heterocycles. The highest BCUT2D eigenvalue weighted by molar-refractivity contribution is 6.05. The van der Waals surface area contributed by atoms with Gasteiger partial charge in [0.15, 0.2) is 0 Å². The Hall–Kier alpha value is -4.40. The lowest BCUT2D eigenvalue weighted by atomic mass is 10.1. The first-order chi connectivity index (χ1) is 15.0. The van der Waals surface area contributed by atoms with Gasteiger partial charge in [-0.15, -0.1) is 5.10 Å². The van der Waals surface area contributed by atoms with Crippen molar-refractivity contribution in [1.29, 1.82) is 0 Å². The van der Waals surface area contributed by atoms with Crippen molar-refractivity contribution < 1.29 is 14.0 Å². The summed E-state index contributed by atoms with van der Waals surface area (Å²) in [7, 11) is 0. The first-order valence-electron chi connectivity index (χ1n) is 9.33. The molecule has 0 saturated carbocycles. The van der Waals surface area contributed by atoms with Gasteiger partial charge in [0.1, 0.15) is 11.5 Å². The number of amides is 2. The van der Waals surface area contributed by atoms with Crippen LogP contribution < -0.4 is 10.6 Å². The van der Waals surface area contributed by atoms with Gasteiger partial charge in [-0.2, -0.15) is 9.67 Å². The molecule has 9 heteroatoms. The van der Waals surface area contributed by atoms with Gasteiger partial charge >= 0.3 is 0 Å². The summed E-state index contributed by atoms with van der Waals surface area (Å²) in [4.78, 5) is 33.2. The monoisotopic (exact) mass is 416 g/mol. The molecule has 0 aliphatic rings. The van der Waals surface area contributed by atoms with Crippen molar-refractivity contribution in [3.63, 3.8) is 0 Å². The number of nitrogens with zero attached hydrogens (tertiary/aromatic N) is 4. The minimum atomic E-state index is -0.609. The molecule has 0 aliphatic carbocycles. The third kappa shape index (κ3) is 4.45. The SMILES string of the molecule is Cc1ccccc1C(=O)Nc1nc(NC(=O)c2ccc(F)cn2)nn1-c1ccccc1. The number of para-hydroxylation sites is 1. The zero-order valence-electron chi connectivity index (χ0n) is 16.4. The molecule has 0 unspecified atom stereocenters. The van der Waals surface area contributed by atoms with Crippen LogP contribution in [-0.2, 0) is 0 Å². The molecule has 2 aromatic heterocycles. The Morgan fingerprint density at radius 2 is 1.65 bits per heavy atom. The van der Waals surface area contributed by atoms with E-state index in [4.69, 9.17) is 0 Å². The lowest BCUT2D eigenvalue weighted by Crippen LogP contribution is -2.17. The summed E-state index contributed by atoms with van der Waals surface area (Å²) in [5.74, 6) is -1.44. The van der Waals surface area contributed by atoms with Gasteiger partial charge in [0, 0.05) is 5.56 Å². The van der Waals surface area contributed by atoms with E-state index in [1.54, 1.807) is 24.3 Å². The highest BCUT2D eigenvalue weighted by Crippen LogP contribution is 2.18. The number of benzene rings is 2. The molecule has 2 N–H and O–H groups in total. The predicted molar refractivity (Wildman–Crippen MR) is 113 cm³/mol. The average Bonchev–Trinajstić information content (AvgIpc) is 3.17. The number of halogens is 1. The van der Waals surface area contributed by atoms with Crippen molar-refractivity contribution in [1.82, 2.24) is 19.7 Å². The molecule has 2 aromatic carbocycles. The number of pyridine rings is 1. The Morgan fingerprint density at radius 1 is 0.903 bits per heavy atom. The summed E-state index contributed by atoms with van der Waals surface area (Å²) in [5, 5.41) is 9.54. The molecule has 0 atom stereocenters. The van der Waals surface area contributed by atoms with Crippen LogP contribution in [0.1, 0.15) is 26.4 Å². The van der Waals surface area contributed by atoms with Crippen LogP contribution in [-0.4, -0.2) is 31.6 Å². The number of aryl methyl sites for hydroxylation is 1. The van der Waals surface area contributed by atoms with Crippen LogP contribution in [0.4, 0.5) is 16.3 Å². The predicted octanol–water partition coefficient (Wildman–Crippen LogP) is 3.61. The molecule has 0 fully saturated rings. The zero-order valence-corrected chi connectivity index (χ0v) is 16.4. The molecule has 154 valence electrons. The van der Waals surface area contributed by atoms with Gasteiger partial charge in [0.2, 0.25) is 5.95 Å². The fraction of sp³-hybridized carbons (Fsp3) is 0.0455. The van der Waals surface area contributed by atoms with E-state index in [2.05, 4.69) is 25.7 Å². The zero-order chi connectivity index (χ0) is 21.8. The third-order valence-electron chi connectivity index (χ3n) is 4.41. The van der Waals surface area contributed by atoms with Gasteiger partial charge in [-0.25, -0.2) is 9.37 Å². The third-order valence-corrected chi connectivity index (χ3v) is 4.41. The quantitative estimate of drug-likeness (QED) is 0.517. The molecule has 8 nitrogen and oxygen atoms in total. The average molecular weight is 416 g/mol. The number of anilines is 2. The van der Waals surface area contributed by atoms with Crippen LogP contribution in [0, 0.1) is 12.7 Å². The van der Waals surface area contributed by atoms with Crippen LogP contribution in [0.3, 0.4) is 0 Å². The van der Waals surface area contributed by atoms with E-state index in [9.17, 15) is 14.0 Å². The molecule has 0 spiro atoms. The number of hydrogen-bond donors (Lipinski definition) is 2. The minimum Gasteiger partial charge on any atom is -0.290 e. The van der Waals surface area contributed by atoms with Gasteiger partial charge < -0.3 is 0 Å². The van der Waals surface area contributed by atoms with E-state index in [1.807, 2.05) is 37.3 Å². The Bertz CT molecular complexity index is 1240. The van der Waals surface area contributed by atoms with E-state index in [0.29, 0.717) is 11.3 Å². The molecular weight excluding hydrogens is 399 g/mol. The molecule has 2 heterocycles. The van der Waals surface area contributed by atoms with Crippen LogP contribution in [0.2, 0.25) is 0 Å². The smallest absolute Gasteiger partial charge is 0.276 e. The second-order valence-electron chi connectivity index (χ2n) is 6.59. The van der Waals surface area contributed by atoms with Crippen molar-refractivity contribution >= 4 is 23.7 Å². The van der Waals surface area contributed by atoms with E-state index in [0.717, 1.165) is 17.8 Å². The van der Waals surface area contributed by atoms with Gasteiger partial charge in [-0.05, 0) is 42.8 Å². The van der Waals surface area contributed by atoms with Crippen LogP contribution in [0.15, 0.2) is 72.9 Å². The standard InChI is InChI=1S/C22H17FN6O2/c1-14-7-5-6-10-17(14)19(30)26-22-27-21(28-29(22)16-8-3-2-4-9-16)25-20(31)18-12-11-15(23)13-24-18/h2-13H,1H3,(H2,25,26,27,28,30,31). The summed E-state index contributed by atoms with van der Waals surface area (Å²) in [5.41, 5.74) is 1.94. The van der Waals surface area contributed by atoms with Gasteiger partial charge in [0.25, 0.3) is 17.8 Å². The van der Waals surface area contributed by atoms with Crippen LogP contribution in [0.25, 0.3) is 5.69 Å². The molecule has 0 radical (unpaired) electrons. The summed E-state index contributed by atoms with van der Waals surface area (Å²) in [6.07, 6.45) is 0.943. The summed E-state index contributed by atoms with van der Waals surface area (Å²) in [6, 6.07) is 18.6. The summed E-state index contributed by atoms with van der Waals surface area (Å²) in [6.45, 7) is 1.83. The van der Waals surface area contributed by atoms with Crippen LogP contribution in [0.5, 0.6) is 0 Å². The van der Waals surface area contributed by atoms with E-state index in [1.165, 1.54) is 10.7 Å². The van der Waals surface area contributed by atoms with E-state index < -0.39 is 11.7 Å². The number of rotatable bonds is 5. The van der Waals surface area contributed by atoms with Gasteiger partial charge in [-0.3, -0.25) is 20.2 Å². The second-order valence-corrected chi connectivity index (χ2v) is 6.59. The first kappa shape index (κ1) is 19.9. The number of nitrogens with one attached hydrogen (secondary N) is 2.